The Morgan fingerprint density at radius 2 is 1.06 bits per heavy atom. The Bertz CT molecular complexity index is 869. The van der Waals surface area contributed by atoms with E-state index in [2.05, 4.69) is 30.5 Å². The fourth-order valence-corrected chi connectivity index (χ4v) is 5.60. The molecule has 0 aromatic carbocycles. The lowest BCUT2D eigenvalue weighted by atomic mass is 10.1. The lowest BCUT2D eigenvalue weighted by Crippen LogP contribution is -2.34. The molecule has 0 bridgehead atoms. The molecule has 47 heavy (non-hydrogen) atoms. The second kappa shape index (κ2) is 31.5. The van der Waals surface area contributed by atoms with Gasteiger partial charge in [0, 0.05) is 12.8 Å². The van der Waals surface area contributed by atoms with Crippen LogP contribution in [0.15, 0.2) is 12.2 Å². The van der Waals surface area contributed by atoms with Gasteiger partial charge >= 0.3 is 25.7 Å². The Balaban J connectivity index is 4.44. The molecule has 0 heterocycles. The van der Waals surface area contributed by atoms with Crippen molar-refractivity contribution in [3.05, 3.63) is 12.2 Å². The molecule has 4 N–H and O–H groups in total. The zero-order chi connectivity index (χ0) is 35.0. The van der Waals surface area contributed by atoms with Gasteiger partial charge in [0.2, 0.25) is 0 Å². The van der Waals surface area contributed by atoms with Gasteiger partial charge in [0.15, 0.2) is 6.10 Å². The van der Waals surface area contributed by atoms with Crippen LogP contribution in [0.25, 0.3) is 0 Å². The molecule has 3 atom stereocenters. The van der Waals surface area contributed by atoms with E-state index in [-0.39, 0.29) is 19.4 Å². The largest absolute Gasteiger partial charge is 0.480 e. The Morgan fingerprint density at radius 3 is 1.55 bits per heavy atom. The van der Waals surface area contributed by atoms with Gasteiger partial charge in [-0.2, -0.15) is 0 Å². The van der Waals surface area contributed by atoms with Crippen molar-refractivity contribution in [1.82, 2.24) is 0 Å². The third-order valence-electron chi connectivity index (χ3n) is 7.76. The van der Waals surface area contributed by atoms with E-state index in [1.54, 1.807) is 0 Å². The molecule has 1 unspecified atom stereocenters. The third-order valence-corrected chi connectivity index (χ3v) is 8.71. The van der Waals surface area contributed by atoms with Gasteiger partial charge < -0.3 is 25.2 Å². The number of ether oxygens (including phenoxy) is 2. The molecule has 276 valence electrons. The van der Waals surface area contributed by atoms with E-state index in [9.17, 15) is 23.8 Å². The van der Waals surface area contributed by atoms with E-state index >= 15 is 0 Å². The summed E-state index contributed by atoms with van der Waals surface area (Å²) in [5.74, 6) is -2.39. The summed E-state index contributed by atoms with van der Waals surface area (Å²) in [6.45, 7) is 2.73. The maximum Gasteiger partial charge on any atom is 0.472 e. The number of aliphatic carboxylic acids is 1. The smallest absolute Gasteiger partial charge is 0.472 e. The highest BCUT2D eigenvalue weighted by Crippen LogP contribution is 2.43. The highest BCUT2D eigenvalue weighted by Gasteiger charge is 2.28. The maximum absolute atomic E-state index is 12.5. The molecule has 0 aromatic heterocycles. The number of carboxylic acids is 1. The first kappa shape index (κ1) is 45.2. The standard InChI is InChI=1S/C35H66NO10P/c1-3-5-7-9-11-13-14-15-16-17-19-20-22-24-26-33(37)43-28-31(29-44-47(41,42)45-30-32(36)35(39)40)46-34(38)27-25-23-21-18-12-10-8-6-4-2/h14-15,31-32H,3-13,16-30,36H2,1-2H3,(H,39,40)(H,41,42)/b15-14-/t31-,32+/m1/s1. The van der Waals surface area contributed by atoms with Crippen molar-refractivity contribution in [2.75, 3.05) is 19.8 Å². The monoisotopic (exact) mass is 691 g/mol. The first-order valence-corrected chi connectivity index (χ1v) is 19.7. The van der Waals surface area contributed by atoms with Crippen LogP contribution in [0.1, 0.15) is 162 Å². The Hall–Kier alpha value is -1.78. The van der Waals surface area contributed by atoms with Crippen LogP contribution >= 0.6 is 7.82 Å². The van der Waals surface area contributed by atoms with Gasteiger partial charge in [-0.25, -0.2) is 4.57 Å². The number of hydrogen-bond acceptors (Lipinski definition) is 9. The van der Waals surface area contributed by atoms with Crippen LogP contribution in [0.5, 0.6) is 0 Å². The molecule has 0 aliphatic rings. The molecule has 0 spiro atoms. The summed E-state index contributed by atoms with van der Waals surface area (Å²) in [6.07, 6.45) is 27.2. The highest BCUT2D eigenvalue weighted by atomic mass is 31.2. The molecule has 12 heteroatoms. The molecule has 0 rings (SSSR count). The Labute approximate surface area is 284 Å². The molecule has 0 aromatic rings. The maximum atomic E-state index is 12.5. The van der Waals surface area contributed by atoms with Gasteiger partial charge in [-0.05, 0) is 38.5 Å². The molecular formula is C35H66NO10P. The number of hydrogen-bond donors (Lipinski definition) is 3. The van der Waals surface area contributed by atoms with E-state index < -0.39 is 51.1 Å². The van der Waals surface area contributed by atoms with Gasteiger partial charge in [-0.1, -0.05) is 122 Å². The predicted octanol–water partition coefficient (Wildman–Crippen LogP) is 8.56. The Morgan fingerprint density at radius 1 is 0.638 bits per heavy atom. The number of allylic oxidation sites excluding steroid dienone is 2. The number of carbonyl (C=O) groups excluding carboxylic acids is 2. The van der Waals surface area contributed by atoms with Crippen molar-refractivity contribution in [2.24, 2.45) is 5.73 Å². The first-order valence-electron chi connectivity index (χ1n) is 18.2. The van der Waals surface area contributed by atoms with Gasteiger partial charge in [0.05, 0.1) is 13.2 Å². The molecule has 0 amide bonds. The van der Waals surface area contributed by atoms with Crippen molar-refractivity contribution in [3.8, 4) is 0 Å². The number of rotatable bonds is 34. The zero-order valence-electron chi connectivity index (χ0n) is 29.4. The van der Waals surface area contributed by atoms with Crippen molar-refractivity contribution in [3.63, 3.8) is 0 Å². The van der Waals surface area contributed by atoms with Crippen LogP contribution < -0.4 is 5.73 Å². The summed E-state index contributed by atoms with van der Waals surface area (Å²) >= 11 is 0. The SMILES string of the molecule is CCCCCCC/C=C\CCCCCCCC(=O)OC[C@H](COP(=O)(O)OC[C@H](N)C(=O)O)OC(=O)CCCCCCCCCCC. The van der Waals surface area contributed by atoms with Crippen molar-refractivity contribution >= 4 is 25.7 Å². The van der Waals surface area contributed by atoms with E-state index in [1.807, 2.05) is 0 Å². The average Bonchev–Trinajstić information content (AvgIpc) is 3.04. The summed E-state index contributed by atoms with van der Waals surface area (Å²) in [6, 6.07) is -1.52. The second-order valence-electron chi connectivity index (χ2n) is 12.4. The first-order chi connectivity index (χ1) is 22.6. The second-order valence-corrected chi connectivity index (χ2v) is 13.8. The Kier molecular flexibility index (Phi) is 30.3. The zero-order valence-corrected chi connectivity index (χ0v) is 30.3. The van der Waals surface area contributed by atoms with Gasteiger partial charge in [-0.3, -0.25) is 23.4 Å². The van der Waals surface area contributed by atoms with Crippen LogP contribution in [0.2, 0.25) is 0 Å². The number of carbonyl (C=O) groups is 3. The topological polar surface area (TPSA) is 172 Å². The summed E-state index contributed by atoms with van der Waals surface area (Å²) in [5.41, 5.74) is 5.30. The molecule has 11 nitrogen and oxygen atoms in total. The van der Waals surface area contributed by atoms with E-state index in [0.717, 1.165) is 57.8 Å². The normalized spacial score (nSPS) is 14.1. The lowest BCUT2D eigenvalue weighted by Gasteiger charge is -2.20. The van der Waals surface area contributed by atoms with E-state index in [0.29, 0.717) is 12.8 Å². The minimum atomic E-state index is -4.70. The summed E-state index contributed by atoms with van der Waals surface area (Å²) in [4.78, 5) is 45.6. The third kappa shape index (κ3) is 31.3. The molecule has 0 radical (unpaired) electrons. The molecular weight excluding hydrogens is 625 g/mol. The lowest BCUT2D eigenvalue weighted by molar-refractivity contribution is -0.161. The van der Waals surface area contributed by atoms with Gasteiger partial charge in [0.25, 0.3) is 0 Å². The fraction of sp³-hybridized carbons (Fsp3) is 0.857. The van der Waals surface area contributed by atoms with Crippen molar-refractivity contribution < 1.29 is 47.5 Å². The van der Waals surface area contributed by atoms with Crippen LogP contribution in [0.4, 0.5) is 0 Å². The number of phosphoric ester groups is 1. The minimum absolute atomic E-state index is 0.163. The number of esters is 2. The van der Waals surface area contributed by atoms with E-state index in [4.69, 9.17) is 24.8 Å². The molecule has 0 saturated heterocycles. The number of phosphoric acid groups is 1. The molecule has 0 saturated carbocycles. The van der Waals surface area contributed by atoms with Gasteiger partial charge in [-0.15, -0.1) is 0 Å². The highest BCUT2D eigenvalue weighted by molar-refractivity contribution is 7.47. The van der Waals surface area contributed by atoms with Crippen LogP contribution in [-0.4, -0.2) is 59.9 Å². The van der Waals surface area contributed by atoms with Crippen molar-refractivity contribution in [2.45, 2.75) is 174 Å². The van der Waals surface area contributed by atoms with Crippen molar-refractivity contribution in [1.29, 1.82) is 0 Å². The number of carboxylic acid groups (broad SMARTS) is 1. The molecule has 0 aliphatic carbocycles. The number of unbranched alkanes of at least 4 members (excludes halogenated alkanes) is 18. The molecule has 0 aliphatic heterocycles. The average molecular weight is 692 g/mol. The number of nitrogens with two attached hydrogens (primary N) is 1. The van der Waals surface area contributed by atoms with Crippen LogP contribution in [-0.2, 0) is 37.5 Å². The summed E-state index contributed by atoms with van der Waals surface area (Å²) in [5, 5.41) is 8.83. The van der Waals surface area contributed by atoms with Crippen LogP contribution in [0, 0.1) is 0 Å². The molecule has 0 fully saturated rings. The van der Waals surface area contributed by atoms with Gasteiger partial charge in [0.1, 0.15) is 12.6 Å². The predicted molar refractivity (Wildman–Crippen MR) is 185 cm³/mol. The summed E-state index contributed by atoms with van der Waals surface area (Å²) in [7, 11) is -4.70. The van der Waals surface area contributed by atoms with Crippen LogP contribution in [0.3, 0.4) is 0 Å². The summed E-state index contributed by atoms with van der Waals surface area (Å²) < 4.78 is 32.4. The minimum Gasteiger partial charge on any atom is -0.480 e. The van der Waals surface area contributed by atoms with E-state index in [1.165, 1.54) is 64.2 Å². The quantitative estimate of drug-likeness (QED) is 0.0255. The fourth-order valence-electron chi connectivity index (χ4n) is 4.82.